The van der Waals surface area contributed by atoms with E-state index in [0.29, 0.717) is 26.1 Å². The van der Waals surface area contributed by atoms with Gasteiger partial charge in [0.05, 0.1) is 23.0 Å². The molecule has 9 heteroatoms. The Kier molecular flexibility index (Phi) is 6.98. The van der Waals surface area contributed by atoms with Crippen LogP contribution >= 0.6 is 0 Å². The minimum Gasteiger partial charge on any atom is -0.381 e. The van der Waals surface area contributed by atoms with Gasteiger partial charge in [0, 0.05) is 18.6 Å². The quantitative estimate of drug-likeness (QED) is 0.565. The minimum atomic E-state index is -3.97. The van der Waals surface area contributed by atoms with Gasteiger partial charge < -0.3 is 4.74 Å². The van der Waals surface area contributed by atoms with Crippen LogP contribution in [-0.2, 0) is 33.3 Å². The Balaban J connectivity index is 1.73. The molecule has 0 saturated carbocycles. The van der Waals surface area contributed by atoms with E-state index in [1.54, 1.807) is 24.3 Å². The number of ether oxygens (including phenoxy) is 1. The van der Waals surface area contributed by atoms with Crippen LogP contribution in [0, 0.1) is 19.3 Å². The van der Waals surface area contributed by atoms with Crippen LogP contribution in [0.15, 0.2) is 58.3 Å². The molecule has 1 aliphatic heterocycles. The van der Waals surface area contributed by atoms with Crippen LogP contribution in [0.1, 0.15) is 24.0 Å². The average Bonchev–Trinajstić information content (AvgIpc) is 2.73. The molecule has 1 saturated heterocycles. The van der Waals surface area contributed by atoms with Crippen molar-refractivity contribution in [2.24, 2.45) is 5.41 Å². The summed E-state index contributed by atoms with van der Waals surface area (Å²) in [5, 5.41) is 0. The molecule has 0 N–H and O–H groups in total. The van der Waals surface area contributed by atoms with Crippen LogP contribution < -0.4 is 0 Å². The number of aryl methyl sites for hydroxylation is 2. The molecule has 2 aromatic carbocycles. The van der Waals surface area contributed by atoms with Gasteiger partial charge in [-0.05, 0) is 51.0 Å². The molecule has 0 bridgehead atoms. The first-order valence-electron chi connectivity index (χ1n) is 9.62. The molecule has 0 radical (unpaired) electrons. The van der Waals surface area contributed by atoms with Gasteiger partial charge in [-0.1, -0.05) is 35.4 Å². The maximum Gasteiger partial charge on any atom is 0.296 e. The topological polar surface area (TPSA) is 96.0 Å². The molecule has 1 aliphatic rings. The monoisotopic (exact) mass is 454 g/mol. The highest BCUT2D eigenvalue weighted by molar-refractivity contribution is 7.87. The normalized spacial score (nSPS) is 17.0. The summed E-state index contributed by atoms with van der Waals surface area (Å²) in [5.41, 5.74) is 1.09. The highest BCUT2D eigenvalue weighted by Crippen LogP contribution is 2.34. The van der Waals surface area contributed by atoms with Gasteiger partial charge in [-0.3, -0.25) is 8.37 Å². The SMILES string of the molecule is Cc1ccc(S(=O)(=O)OCC2(COS(=O)(=O)c3ccc(C)cc3)CCOCC2)cc1. The van der Waals surface area contributed by atoms with E-state index in [1.165, 1.54) is 24.3 Å². The van der Waals surface area contributed by atoms with Crippen LogP contribution in [-0.4, -0.2) is 43.3 Å². The lowest BCUT2D eigenvalue weighted by atomic mass is 9.82. The van der Waals surface area contributed by atoms with Gasteiger partial charge in [-0.25, -0.2) is 0 Å². The third-order valence-corrected chi connectivity index (χ3v) is 7.77. The molecule has 0 aromatic heterocycles. The molecule has 0 unspecified atom stereocenters. The molecule has 2 aromatic rings. The van der Waals surface area contributed by atoms with Crippen molar-refractivity contribution in [2.75, 3.05) is 26.4 Å². The first kappa shape index (κ1) is 22.9. The molecule has 0 amide bonds. The standard InChI is InChI=1S/C21H26O7S2/c1-17-3-7-19(8-4-17)29(22,23)27-15-21(11-13-26-14-12-21)16-28-30(24,25)20-9-5-18(2)6-10-20/h3-10H,11-16H2,1-2H3. The van der Waals surface area contributed by atoms with Crippen LogP contribution in [0.4, 0.5) is 0 Å². The minimum absolute atomic E-state index is 0.0588. The van der Waals surface area contributed by atoms with Crippen LogP contribution in [0.3, 0.4) is 0 Å². The first-order chi connectivity index (χ1) is 14.1. The van der Waals surface area contributed by atoms with Crippen molar-refractivity contribution in [3.8, 4) is 0 Å². The smallest absolute Gasteiger partial charge is 0.296 e. The summed E-state index contributed by atoms with van der Waals surface area (Å²) in [6.07, 6.45) is 0.861. The van der Waals surface area contributed by atoms with E-state index in [1.807, 2.05) is 13.8 Å². The maximum atomic E-state index is 12.6. The Labute approximate surface area is 178 Å². The molecule has 3 rings (SSSR count). The van der Waals surface area contributed by atoms with Gasteiger partial charge in [0.15, 0.2) is 0 Å². The second-order valence-corrected chi connectivity index (χ2v) is 10.9. The predicted octanol–water partition coefficient (Wildman–Crippen LogP) is 3.21. The van der Waals surface area contributed by atoms with Crippen molar-refractivity contribution in [1.29, 1.82) is 0 Å². The molecule has 1 heterocycles. The first-order valence-corrected chi connectivity index (χ1v) is 12.4. The zero-order valence-electron chi connectivity index (χ0n) is 17.0. The van der Waals surface area contributed by atoms with Crippen molar-refractivity contribution < 1.29 is 29.9 Å². The third kappa shape index (κ3) is 5.67. The molecule has 164 valence electrons. The Morgan fingerprint density at radius 2 is 1.10 bits per heavy atom. The average molecular weight is 455 g/mol. The lowest BCUT2D eigenvalue weighted by molar-refractivity contribution is -0.0315. The summed E-state index contributed by atoms with van der Waals surface area (Å²) in [4.78, 5) is 0.118. The highest BCUT2D eigenvalue weighted by Gasteiger charge is 2.37. The fourth-order valence-electron chi connectivity index (χ4n) is 3.09. The summed E-state index contributed by atoms with van der Waals surface area (Å²) >= 11 is 0. The van der Waals surface area contributed by atoms with E-state index < -0.39 is 25.7 Å². The molecular formula is C21H26O7S2. The van der Waals surface area contributed by atoms with Crippen LogP contribution in [0.2, 0.25) is 0 Å². The Morgan fingerprint density at radius 1 is 0.733 bits per heavy atom. The second-order valence-electron chi connectivity index (χ2n) is 7.67. The van der Waals surface area contributed by atoms with Crippen molar-refractivity contribution in [3.63, 3.8) is 0 Å². The molecule has 0 atom stereocenters. The molecular weight excluding hydrogens is 428 g/mol. The summed E-state index contributed by atoms with van der Waals surface area (Å²) in [6, 6.07) is 12.7. The summed E-state index contributed by atoms with van der Waals surface area (Å²) < 4.78 is 66.3. The maximum absolute atomic E-state index is 12.6. The van der Waals surface area contributed by atoms with Crippen LogP contribution in [0.25, 0.3) is 0 Å². The zero-order valence-corrected chi connectivity index (χ0v) is 18.7. The van der Waals surface area contributed by atoms with E-state index >= 15 is 0 Å². The number of hydrogen-bond donors (Lipinski definition) is 0. The van der Waals surface area contributed by atoms with Crippen molar-refractivity contribution in [3.05, 3.63) is 59.7 Å². The highest BCUT2D eigenvalue weighted by atomic mass is 32.2. The van der Waals surface area contributed by atoms with Gasteiger partial charge in [-0.15, -0.1) is 0 Å². The Bertz CT molecular complexity index is 970. The number of benzene rings is 2. The van der Waals surface area contributed by atoms with Crippen LogP contribution in [0.5, 0.6) is 0 Å². The zero-order chi connectivity index (χ0) is 21.8. The van der Waals surface area contributed by atoms with E-state index in [4.69, 9.17) is 13.1 Å². The Hall–Kier alpha value is -1.78. The van der Waals surface area contributed by atoms with Crippen molar-refractivity contribution in [2.45, 2.75) is 36.5 Å². The lowest BCUT2D eigenvalue weighted by Gasteiger charge is -2.35. The van der Waals surface area contributed by atoms with Gasteiger partial charge in [0.1, 0.15) is 0 Å². The fourth-order valence-corrected chi connectivity index (χ4v) is 5.11. The summed E-state index contributed by atoms with van der Waals surface area (Å²) in [7, 11) is -7.94. The predicted molar refractivity (Wildman–Crippen MR) is 111 cm³/mol. The van der Waals surface area contributed by atoms with E-state index in [2.05, 4.69) is 0 Å². The molecule has 0 spiro atoms. The largest absolute Gasteiger partial charge is 0.381 e. The van der Waals surface area contributed by atoms with Crippen molar-refractivity contribution >= 4 is 20.2 Å². The molecule has 7 nitrogen and oxygen atoms in total. The van der Waals surface area contributed by atoms with E-state index in [0.717, 1.165) is 11.1 Å². The van der Waals surface area contributed by atoms with Crippen molar-refractivity contribution in [1.82, 2.24) is 0 Å². The van der Waals surface area contributed by atoms with E-state index in [-0.39, 0.29) is 23.0 Å². The molecule has 0 aliphatic carbocycles. The molecule has 1 fully saturated rings. The second kappa shape index (κ2) is 9.15. The third-order valence-electron chi connectivity index (χ3n) is 5.21. The van der Waals surface area contributed by atoms with Gasteiger partial charge in [-0.2, -0.15) is 16.8 Å². The van der Waals surface area contributed by atoms with Gasteiger partial charge in [0.2, 0.25) is 0 Å². The lowest BCUT2D eigenvalue weighted by Crippen LogP contribution is -2.39. The van der Waals surface area contributed by atoms with E-state index in [9.17, 15) is 16.8 Å². The van der Waals surface area contributed by atoms with Gasteiger partial charge >= 0.3 is 0 Å². The number of rotatable bonds is 8. The number of hydrogen-bond acceptors (Lipinski definition) is 7. The Morgan fingerprint density at radius 3 is 1.47 bits per heavy atom. The van der Waals surface area contributed by atoms with Gasteiger partial charge in [0.25, 0.3) is 20.2 Å². The summed E-state index contributed by atoms with van der Waals surface area (Å²) in [5.74, 6) is 0. The molecule has 30 heavy (non-hydrogen) atoms. The fraction of sp³-hybridized carbons (Fsp3) is 0.429. The summed E-state index contributed by atoms with van der Waals surface area (Å²) in [6.45, 7) is 4.11.